The molecule has 1 amide bonds. The quantitative estimate of drug-likeness (QED) is 0.763. The molecule has 1 aromatic heterocycles. The minimum absolute atomic E-state index is 0.0812. The first kappa shape index (κ1) is 16.1. The summed E-state index contributed by atoms with van der Waals surface area (Å²) in [7, 11) is 0. The van der Waals surface area contributed by atoms with Crippen LogP contribution in [0.5, 0.6) is 0 Å². The van der Waals surface area contributed by atoms with Crippen molar-refractivity contribution < 1.29 is 9.18 Å². The molecule has 3 aromatic rings. The summed E-state index contributed by atoms with van der Waals surface area (Å²) >= 11 is 0. The normalized spacial score (nSPS) is 9.92. The predicted molar refractivity (Wildman–Crippen MR) is 90.8 cm³/mol. The molecule has 0 saturated heterocycles. The molecule has 7 heteroatoms. The number of rotatable bonds is 4. The molecule has 0 aliphatic rings. The molecule has 0 radical (unpaired) electrons. The van der Waals surface area contributed by atoms with Crippen LogP contribution < -0.4 is 10.6 Å². The van der Waals surface area contributed by atoms with Crippen LogP contribution in [0.1, 0.15) is 15.9 Å². The Morgan fingerprint density at radius 2 is 1.64 bits per heavy atom. The maximum absolute atomic E-state index is 13.6. The Labute approximate surface area is 143 Å². The van der Waals surface area contributed by atoms with Crippen molar-refractivity contribution in [2.75, 3.05) is 10.6 Å². The summed E-state index contributed by atoms with van der Waals surface area (Å²) < 4.78 is 13.6. The van der Waals surface area contributed by atoms with Crippen molar-refractivity contribution in [3.8, 4) is 6.07 Å². The Hall–Kier alpha value is -3.79. The minimum Gasteiger partial charge on any atom is -0.323 e. The number of hydrogen-bond donors (Lipinski definition) is 2. The molecule has 0 aliphatic carbocycles. The van der Waals surface area contributed by atoms with Gasteiger partial charge in [-0.25, -0.2) is 14.4 Å². The van der Waals surface area contributed by atoms with Gasteiger partial charge in [-0.15, -0.1) is 0 Å². The second-order valence-electron chi connectivity index (χ2n) is 5.01. The lowest BCUT2D eigenvalue weighted by atomic mass is 10.2. The molecule has 122 valence electrons. The van der Waals surface area contributed by atoms with Gasteiger partial charge in [0.2, 0.25) is 5.95 Å². The van der Waals surface area contributed by atoms with E-state index in [1.165, 1.54) is 30.6 Å². The highest BCUT2D eigenvalue weighted by atomic mass is 19.1. The second kappa shape index (κ2) is 7.19. The Morgan fingerprint density at radius 3 is 2.32 bits per heavy atom. The van der Waals surface area contributed by atoms with Gasteiger partial charge in [0.05, 0.1) is 22.5 Å². The highest BCUT2D eigenvalue weighted by Crippen LogP contribution is 2.18. The fourth-order valence-corrected chi connectivity index (χ4v) is 2.08. The van der Waals surface area contributed by atoms with Gasteiger partial charge in [0, 0.05) is 12.4 Å². The smallest absolute Gasteiger partial charge is 0.258 e. The van der Waals surface area contributed by atoms with E-state index < -0.39 is 11.7 Å². The lowest BCUT2D eigenvalue weighted by Gasteiger charge is -2.08. The van der Waals surface area contributed by atoms with Gasteiger partial charge in [0.1, 0.15) is 11.9 Å². The van der Waals surface area contributed by atoms with Crippen molar-refractivity contribution in [3.63, 3.8) is 0 Å². The fourth-order valence-electron chi connectivity index (χ4n) is 2.08. The number of nitriles is 1. The third-order valence-electron chi connectivity index (χ3n) is 3.33. The zero-order valence-electron chi connectivity index (χ0n) is 12.9. The van der Waals surface area contributed by atoms with Gasteiger partial charge in [0.25, 0.3) is 5.91 Å². The Balaban J connectivity index is 1.73. The lowest BCUT2D eigenvalue weighted by Crippen LogP contribution is -2.14. The van der Waals surface area contributed by atoms with Crippen LogP contribution in [0.4, 0.5) is 21.7 Å². The van der Waals surface area contributed by atoms with Crippen molar-refractivity contribution in [2.45, 2.75) is 0 Å². The molecular weight excluding hydrogens is 321 g/mol. The van der Waals surface area contributed by atoms with Gasteiger partial charge in [-0.2, -0.15) is 5.26 Å². The summed E-state index contributed by atoms with van der Waals surface area (Å²) in [5.41, 5.74) is 1.28. The highest BCUT2D eigenvalue weighted by molar-refractivity contribution is 6.03. The molecule has 2 aromatic carbocycles. The minimum atomic E-state index is -0.525. The zero-order valence-corrected chi connectivity index (χ0v) is 12.9. The largest absolute Gasteiger partial charge is 0.323 e. The average Bonchev–Trinajstić information content (AvgIpc) is 2.64. The number of carbonyl (C=O) groups is 1. The van der Waals surface area contributed by atoms with Gasteiger partial charge in [0.15, 0.2) is 0 Å². The molecule has 0 fully saturated rings. The van der Waals surface area contributed by atoms with Crippen molar-refractivity contribution in [1.82, 2.24) is 9.97 Å². The van der Waals surface area contributed by atoms with Crippen LogP contribution in [0.2, 0.25) is 0 Å². The molecule has 0 bridgehead atoms. The molecule has 3 rings (SSSR count). The Bertz CT molecular complexity index is 950. The molecule has 0 unspecified atom stereocenters. The predicted octanol–water partition coefficient (Wildman–Crippen LogP) is 3.48. The summed E-state index contributed by atoms with van der Waals surface area (Å²) in [6.07, 6.45) is 2.64. The van der Waals surface area contributed by atoms with Gasteiger partial charge < -0.3 is 10.6 Å². The van der Waals surface area contributed by atoms with Crippen LogP contribution in [-0.4, -0.2) is 15.9 Å². The first-order valence-corrected chi connectivity index (χ1v) is 7.31. The molecule has 0 saturated carbocycles. The van der Waals surface area contributed by atoms with Crippen LogP contribution in [0.25, 0.3) is 0 Å². The van der Waals surface area contributed by atoms with E-state index in [1.807, 2.05) is 0 Å². The standard InChI is InChI=1S/C18H12FN5O/c19-14-6-2-4-8-16(14)23-17(25)13-10-21-18(22-11-13)24-15-7-3-1-5-12(15)9-20/h1-8,10-11H,(H,23,25)(H,21,22,24). The van der Waals surface area contributed by atoms with Crippen LogP contribution in [-0.2, 0) is 0 Å². The van der Waals surface area contributed by atoms with Crippen molar-refractivity contribution >= 4 is 23.2 Å². The summed E-state index contributed by atoms with van der Waals surface area (Å²) in [5.74, 6) is -0.803. The van der Waals surface area contributed by atoms with E-state index in [1.54, 1.807) is 30.3 Å². The molecule has 0 atom stereocenters. The molecule has 25 heavy (non-hydrogen) atoms. The van der Waals surface area contributed by atoms with E-state index in [0.29, 0.717) is 11.3 Å². The topological polar surface area (TPSA) is 90.7 Å². The van der Waals surface area contributed by atoms with Gasteiger partial charge in [-0.1, -0.05) is 24.3 Å². The van der Waals surface area contributed by atoms with Crippen LogP contribution >= 0.6 is 0 Å². The Morgan fingerprint density at radius 1 is 1.00 bits per heavy atom. The molecule has 6 nitrogen and oxygen atoms in total. The Kier molecular flexibility index (Phi) is 4.62. The van der Waals surface area contributed by atoms with Crippen molar-refractivity contribution in [1.29, 1.82) is 5.26 Å². The number of hydrogen-bond acceptors (Lipinski definition) is 5. The van der Waals surface area contributed by atoms with E-state index in [9.17, 15) is 9.18 Å². The average molecular weight is 333 g/mol. The number of amides is 1. The monoisotopic (exact) mass is 333 g/mol. The SMILES string of the molecule is N#Cc1ccccc1Nc1ncc(C(=O)Nc2ccccc2F)cn1. The van der Waals surface area contributed by atoms with Crippen molar-refractivity contribution in [3.05, 3.63) is 77.9 Å². The summed E-state index contributed by atoms with van der Waals surface area (Å²) in [6, 6.07) is 14.8. The number of aromatic nitrogens is 2. The van der Waals surface area contributed by atoms with Crippen molar-refractivity contribution in [2.24, 2.45) is 0 Å². The van der Waals surface area contributed by atoms with Gasteiger partial charge in [-0.05, 0) is 24.3 Å². The first-order valence-electron chi connectivity index (χ1n) is 7.31. The molecule has 0 aliphatic heterocycles. The number of carbonyl (C=O) groups excluding carboxylic acids is 1. The number of nitrogens with zero attached hydrogens (tertiary/aromatic N) is 3. The van der Waals surface area contributed by atoms with Crippen LogP contribution in [0, 0.1) is 17.1 Å². The zero-order chi connectivity index (χ0) is 17.6. The van der Waals surface area contributed by atoms with Crippen LogP contribution in [0.15, 0.2) is 60.9 Å². The maximum atomic E-state index is 13.6. The van der Waals surface area contributed by atoms with Crippen LogP contribution in [0.3, 0.4) is 0 Å². The number of halogens is 1. The molecular formula is C18H12FN5O. The van der Waals surface area contributed by atoms with E-state index in [0.717, 1.165) is 0 Å². The number of para-hydroxylation sites is 2. The molecule has 0 spiro atoms. The summed E-state index contributed by atoms with van der Waals surface area (Å²) in [4.78, 5) is 20.2. The van der Waals surface area contributed by atoms with E-state index >= 15 is 0 Å². The lowest BCUT2D eigenvalue weighted by molar-refractivity contribution is 0.102. The fraction of sp³-hybridized carbons (Fsp3) is 0. The third kappa shape index (κ3) is 3.76. The summed E-state index contributed by atoms with van der Waals surface area (Å²) in [6.45, 7) is 0. The highest BCUT2D eigenvalue weighted by Gasteiger charge is 2.10. The van der Waals surface area contributed by atoms with E-state index in [2.05, 4.69) is 26.7 Å². The molecule has 1 heterocycles. The number of anilines is 3. The summed E-state index contributed by atoms with van der Waals surface area (Å²) in [5, 5.41) is 14.4. The first-order chi connectivity index (χ1) is 12.2. The second-order valence-corrected chi connectivity index (χ2v) is 5.01. The van der Waals surface area contributed by atoms with E-state index in [-0.39, 0.29) is 17.2 Å². The van der Waals surface area contributed by atoms with E-state index in [4.69, 9.17) is 5.26 Å². The maximum Gasteiger partial charge on any atom is 0.258 e. The van der Waals surface area contributed by atoms with Gasteiger partial charge in [-0.3, -0.25) is 4.79 Å². The van der Waals surface area contributed by atoms with Gasteiger partial charge >= 0.3 is 0 Å². The number of benzene rings is 2. The third-order valence-corrected chi connectivity index (χ3v) is 3.33. The number of nitrogens with one attached hydrogen (secondary N) is 2. The molecule has 2 N–H and O–H groups in total.